The van der Waals surface area contributed by atoms with Gasteiger partial charge >= 0.3 is 0 Å². The summed E-state index contributed by atoms with van der Waals surface area (Å²) in [5, 5.41) is 2.96. The summed E-state index contributed by atoms with van der Waals surface area (Å²) in [6, 6.07) is 0. The minimum Gasteiger partial charge on any atom is -0.474 e. The van der Waals surface area contributed by atoms with Crippen LogP contribution in [0.25, 0.3) is 5.65 Å². The van der Waals surface area contributed by atoms with Gasteiger partial charge in [0.25, 0.3) is 5.88 Å². The molecule has 0 unspecified atom stereocenters. The Morgan fingerprint density at radius 3 is 3.25 bits per heavy atom. The van der Waals surface area contributed by atoms with Crippen molar-refractivity contribution >= 4 is 11.5 Å². The minimum absolute atomic E-state index is 0.444. The fraction of sp³-hybridized carbons (Fsp3) is 0.273. The van der Waals surface area contributed by atoms with Crippen LogP contribution < -0.4 is 10.1 Å². The van der Waals surface area contributed by atoms with Crippen LogP contribution in [0, 0.1) is 12.3 Å². The summed E-state index contributed by atoms with van der Waals surface area (Å²) < 4.78 is 7.33. The first-order chi connectivity index (χ1) is 7.85. The van der Waals surface area contributed by atoms with Crippen molar-refractivity contribution in [3.8, 4) is 18.2 Å². The predicted octanol–water partition coefficient (Wildman–Crippen LogP) is 1.17. The highest BCUT2D eigenvalue weighted by atomic mass is 16.5. The summed E-state index contributed by atoms with van der Waals surface area (Å²) in [6.45, 7) is 0.444. The maximum absolute atomic E-state index is 5.48. The van der Waals surface area contributed by atoms with Gasteiger partial charge in [0, 0.05) is 25.9 Å². The van der Waals surface area contributed by atoms with Gasteiger partial charge in [0.05, 0.1) is 6.20 Å². The molecule has 0 saturated carbocycles. The molecule has 5 nitrogen and oxygen atoms in total. The quantitative estimate of drug-likeness (QED) is 0.615. The van der Waals surface area contributed by atoms with Crippen LogP contribution in [0.2, 0.25) is 0 Å². The van der Waals surface area contributed by atoms with Gasteiger partial charge in [0.15, 0.2) is 0 Å². The van der Waals surface area contributed by atoms with Crippen molar-refractivity contribution < 1.29 is 4.74 Å². The summed E-state index contributed by atoms with van der Waals surface area (Å²) in [5.41, 5.74) is 0.691. The molecule has 1 N–H and O–H groups in total. The molecule has 82 valence electrons. The number of nitrogens with zero attached hydrogens (tertiary/aromatic N) is 3. The molecule has 0 fully saturated rings. The fourth-order valence-electron chi connectivity index (χ4n) is 1.33. The standard InChI is InChI=1S/C11H12N4O/c1-3-4-7-16-11-10-13-5-6-15(10)8-9(12-2)14-11/h1,5-6,8,12H,4,7H2,2H3. The Hall–Kier alpha value is -2.22. The number of imidazole rings is 1. The van der Waals surface area contributed by atoms with Gasteiger partial charge in [-0.25, -0.2) is 4.98 Å². The molecule has 0 aliphatic heterocycles. The second-order valence-electron chi connectivity index (χ2n) is 3.14. The van der Waals surface area contributed by atoms with E-state index in [1.807, 2.05) is 16.8 Å². The van der Waals surface area contributed by atoms with Gasteiger partial charge in [-0.1, -0.05) is 0 Å². The summed E-state index contributed by atoms with van der Waals surface area (Å²) in [6.07, 6.45) is 11.1. The number of hydrogen-bond acceptors (Lipinski definition) is 4. The Balaban J connectivity index is 2.33. The van der Waals surface area contributed by atoms with Crippen molar-refractivity contribution in [3.63, 3.8) is 0 Å². The number of anilines is 1. The highest BCUT2D eigenvalue weighted by Gasteiger charge is 2.07. The molecule has 0 atom stereocenters. The number of hydrogen-bond donors (Lipinski definition) is 1. The van der Waals surface area contributed by atoms with Gasteiger partial charge < -0.3 is 10.1 Å². The average molecular weight is 216 g/mol. The van der Waals surface area contributed by atoms with Gasteiger partial charge in [0.2, 0.25) is 5.65 Å². The predicted molar refractivity (Wildman–Crippen MR) is 61.5 cm³/mol. The molecule has 2 aromatic heterocycles. The number of ether oxygens (including phenoxy) is 1. The summed E-state index contributed by atoms with van der Waals surface area (Å²) >= 11 is 0. The van der Waals surface area contributed by atoms with Crippen LogP contribution in [-0.2, 0) is 0 Å². The Morgan fingerprint density at radius 1 is 1.62 bits per heavy atom. The lowest BCUT2D eigenvalue weighted by Gasteiger charge is -2.07. The van der Waals surface area contributed by atoms with Crippen molar-refractivity contribution in [2.24, 2.45) is 0 Å². The Labute approximate surface area is 93.5 Å². The van der Waals surface area contributed by atoms with E-state index in [0.717, 1.165) is 5.82 Å². The zero-order valence-electron chi connectivity index (χ0n) is 8.97. The van der Waals surface area contributed by atoms with Crippen LogP contribution in [0.15, 0.2) is 18.6 Å². The largest absolute Gasteiger partial charge is 0.474 e. The molecule has 0 bridgehead atoms. The van der Waals surface area contributed by atoms with Crippen LogP contribution in [0.4, 0.5) is 5.82 Å². The van der Waals surface area contributed by atoms with E-state index in [2.05, 4.69) is 21.2 Å². The average Bonchev–Trinajstić information content (AvgIpc) is 2.77. The molecule has 2 rings (SSSR count). The molecule has 0 spiro atoms. The number of aromatic nitrogens is 3. The van der Waals surface area contributed by atoms with E-state index in [0.29, 0.717) is 24.6 Å². The van der Waals surface area contributed by atoms with Gasteiger partial charge in [-0.2, -0.15) is 4.98 Å². The van der Waals surface area contributed by atoms with Crippen LogP contribution in [-0.4, -0.2) is 28.0 Å². The van der Waals surface area contributed by atoms with Crippen molar-refractivity contribution in [3.05, 3.63) is 18.6 Å². The fourth-order valence-corrected chi connectivity index (χ4v) is 1.33. The topological polar surface area (TPSA) is 51.5 Å². The van der Waals surface area contributed by atoms with E-state index in [1.54, 1.807) is 13.2 Å². The first-order valence-corrected chi connectivity index (χ1v) is 4.93. The van der Waals surface area contributed by atoms with Crippen LogP contribution >= 0.6 is 0 Å². The molecule has 0 aliphatic rings. The zero-order chi connectivity index (χ0) is 11.4. The summed E-state index contributed by atoms with van der Waals surface area (Å²) in [5.74, 6) is 3.73. The second kappa shape index (κ2) is 4.53. The normalized spacial score (nSPS) is 10.0. The van der Waals surface area contributed by atoms with E-state index in [9.17, 15) is 0 Å². The second-order valence-corrected chi connectivity index (χ2v) is 3.14. The van der Waals surface area contributed by atoms with Gasteiger partial charge in [-0.3, -0.25) is 4.40 Å². The van der Waals surface area contributed by atoms with Gasteiger partial charge in [0.1, 0.15) is 12.4 Å². The Bertz CT molecular complexity index is 526. The van der Waals surface area contributed by atoms with Crippen molar-refractivity contribution in [1.82, 2.24) is 14.4 Å². The molecule has 2 heterocycles. The number of nitrogens with one attached hydrogen (secondary N) is 1. The zero-order valence-corrected chi connectivity index (χ0v) is 8.97. The lowest BCUT2D eigenvalue weighted by Crippen LogP contribution is -2.03. The summed E-state index contributed by atoms with van der Waals surface area (Å²) in [7, 11) is 1.80. The molecule has 16 heavy (non-hydrogen) atoms. The lowest BCUT2D eigenvalue weighted by molar-refractivity contribution is 0.317. The minimum atomic E-state index is 0.444. The molecule has 0 aromatic carbocycles. The Kier molecular flexibility index (Phi) is 2.92. The first kappa shape index (κ1) is 10.3. The van der Waals surface area contributed by atoms with E-state index < -0.39 is 0 Å². The number of terminal acetylenes is 1. The third-order valence-corrected chi connectivity index (χ3v) is 2.08. The highest BCUT2D eigenvalue weighted by Crippen LogP contribution is 2.18. The third-order valence-electron chi connectivity index (χ3n) is 2.08. The van der Waals surface area contributed by atoms with E-state index in [1.165, 1.54) is 0 Å². The molecule has 0 radical (unpaired) electrons. The van der Waals surface area contributed by atoms with Gasteiger partial charge in [-0.05, 0) is 0 Å². The first-order valence-electron chi connectivity index (χ1n) is 4.93. The van der Waals surface area contributed by atoms with E-state index in [4.69, 9.17) is 11.2 Å². The maximum Gasteiger partial charge on any atom is 0.260 e. The van der Waals surface area contributed by atoms with Crippen molar-refractivity contribution in [2.45, 2.75) is 6.42 Å². The Morgan fingerprint density at radius 2 is 2.50 bits per heavy atom. The molecule has 0 amide bonds. The lowest BCUT2D eigenvalue weighted by atomic mass is 10.5. The monoisotopic (exact) mass is 216 g/mol. The third kappa shape index (κ3) is 1.91. The molecular formula is C11H12N4O. The van der Waals surface area contributed by atoms with Gasteiger partial charge in [-0.15, -0.1) is 12.3 Å². The number of fused-ring (bicyclic) bond motifs is 1. The van der Waals surface area contributed by atoms with Crippen LogP contribution in [0.5, 0.6) is 5.88 Å². The molecule has 0 saturated heterocycles. The molecular weight excluding hydrogens is 204 g/mol. The number of rotatable bonds is 4. The molecule has 0 aliphatic carbocycles. The van der Waals surface area contributed by atoms with E-state index in [-0.39, 0.29) is 0 Å². The molecule has 5 heteroatoms. The highest BCUT2D eigenvalue weighted by molar-refractivity contribution is 5.53. The van der Waals surface area contributed by atoms with E-state index >= 15 is 0 Å². The SMILES string of the molecule is C#CCCOc1nc(NC)cn2ccnc12. The van der Waals surface area contributed by atoms with Crippen molar-refractivity contribution in [2.75, 3.05) is 19.0 Å². The maximum atomic E-state index is 5.48. The summed E-state index contributed by atoms with van der Waals surface area (Å²) in [4.78, 5) is 8.45. The van der Waals surface area contributed by atoms with Crippen LogP contribution in [0.3, 0.4) is 0 Å². The van der Waals surface area contributed by atoms with Crippen LogP contribution in [0.1, 0.15) is 6.42 Å². The molecule has 2 aromatic rings. The smallest absolute Gasteiger partial charge is 0.260 e. The van der Waals surface area contributed by atoms with Crippen molar-refractivity contribution in [1.29, 1.82) is 0 Å².